The zero-order valence-corrected chi connectivity index (χ0v) is 11.3. The van der Waals surface area contributed by atoms with Gasteiger partial charge < -0.3 is 4.57 Å². The molecule has 2 aromatic heterocycles. The zero-order valence-electron chi connectivity index (χ0n) is 11.3. The molecule has 0 atom stereocenters. The molecule has 3 rings (SSSR count). The third kappa shape index (κ3) is 1.99. The molecular formula is C15H16N4. The second-order valence-electron chi connectivity index (χ2n) is 4.94. The van der Waals surface area contributed by atoms with Crippen molar-refractivity contribution in [2.75, 3.05) is 0 Å². The molecule has 3 aromatic rings. The highest BCUT2D eigenvalue weighted by atomic mass is 15.1. The minimum atomic E-state index is 0.314. The van der Waals surface area contributed by atoms with Crippen molar-refractivity contribution in [2.24, 2.45) is 7.05 Å². The minimum Gasteiger partial charge on any atom is -0.326 e. The zero-order chi connectivity index (χ0) is 13.4. The Hall–Kier alpha value is -2.23. The third-order valence-electron chi connectivity index (χ3n) is 3.21. The summed E-state index contributed by atoms with van der Waals surface area (Å²) in [6, 6.07) is 10.0. The highest BCUT2D eigenvalue weighted by Crippen LogP contribution is 2.22. The van der Waals surface area contributed by atoms with Crippen molar-refractivity contribution in [1.29, 1.82) is 0 Å². The molecule has 0 N–H and O–H groups in total. The van der Waals surface area contributed by atoms with E-state index in [1.54, 1.807) is 6.20 Å². The Morgan fingerprint density at radius 2 is 1.84 bits per heavy atom. The van der Waals surface area contributed by atoms with E-state index in [4.69, 9.17) is 0 Å². The molecule has 0 saturated carbocycles. The van der Waals surface area contributed by atoms with Crippen molar-refractivity contribution in [3.63, 3.8) is 0 Å². The fourth-order valence-electron chi connectivity index (χ4n) is 2.15. The van der Waals surface area contributed by atoms with Gasteiger partial charge in [-0.15, -0.1) is 0 Å². The molecule has 1 aromatic carbocycles. The van der Waals surface area contributed by atoms with Crippen LogP contribution in [0.5, 0.6) is 0 Å². The van der Waals surface area contributed by atoms with Gasteiger partial charge in [0, 0.05) is 19.2 Å². The van der Waals surface area contributed by atoms with Gasteiger partial charge in [-0.2, -0.15) is 0 Å². The first-order chi connectivity index (χ1) is 9.16. The van der Waals surface area contributed by atoms with E-state index in [0.717, 1.165) is 28.4 Å². The van der Waals surface area contributed by atoms with Crippen LogP contribution < -0.4 is 0 Å². The lowest BCUT2D eigenvalue weighted by molar-refractivity contribution is 0.773. The molecule has 0 saturated heterocycles. The maximum atomic E-state index is 4.66. The van der Waals surface area contributed by atoms with Crippen LogP contribution >= 0.6 is 0 Å². The van der Waals surface area contributed by atoms with E-state index in [9.17, 15) is 0 Å². The number of rotatable bonds is 2. The van der Waals surface area contributed by atoms with Crippen molar-refractivity contribution >= 4 is 11.0 Å². The van der Waals surface area contributed by atoms with Crippen LogP contribution in [0.25, 0.3) is 22.6 Å². The van der Waals surface area contributed by atoms with Gasteiger partial charge in [-0.05, 0) is 18.2 Å². The van der Waals surface area contributed by atoms with E-state index in [1.807, 2.05) is 31.3 Å². The fourth-order valence-corrected chi connectivity index (χ4v) is 2.15. The molecule has 0 aliphatic rings. The van der Waals surface area contributed by atoms with Gasteiger partial charge >= 0.3 is 0 Å². The van der Waals surface area contributed by atoms with E-state index in [2.05, 4.69) is 39.4 Å². The Morgan fingerprint density at radius 3 is 2.58 bits per heavy atom. The summed E-state index contributed by atoms with van der Waals surface area (Å²) in [6.07, 6.45) is 1.80. The summed E-state index contributed by atoms with van der Waals surface area (Å²) in [7, 11) is 2.02. The van der Waals surface area contributed by atoms with E-state index in [-0.39, 0.29) is 0 Å². The lowest BCUT2D eigenvalue weighted by Gasteiger charge is -2.06. The Bertz CT molecular complexity index is 728. The third-order valence-corrected chi connectivity index (χ3v) is 3.21. The average Bonchev–Trinajstić information content (AvgIpc) is 2.77. The second-order valence-corrected chi connectivity index (χ2v) is 4.94. The molecule has 0 aliphatic heterocycles. The Kier molecular flexibility index (Phi) is 2.78. The normalized spacial score (nSPS) is 11.4. The van der Waals surface area contributed by atoms with E-state index >= 15 is 0 Å². The van der Waals surface area contributed by atoms with Gasteiger partial charge in [0.1, 0.15) is 11.5 Å². The van der Waals surface area contributed by atoms with Gasteiger partial charge in [0.25, 0.3) is 0 Å². The minimum absolute atomic E-state index is 0.314. The van der Waals surface area contributed by atoms with Crippen molar-refractivity contribution in [2.45, 2.75) is 19.8 Å². The molecule has 0 spiro atoms. The van der Waals surface area contributed by atoms with E-state index in [1.165, 1.54) is 0 Å². The largest absolute Gasteiger partial charge is 0.326 e. The van der Waals surface area contributed by atoms with E-state index in [0.29, 0.717) is 5.92 Å². The lowest BCUT2D eigenvalue weighted by atomic mass is 10.2. The Balaban J connectivity index is 2.19. The number of fused-ring (bicyclic) bond motifs is 1. The molecule has 0 unspecified atom stereocenters. The summed E-state index contributed by atoms with van der Waals surface area (Å²) in [4.78, 5) is 13.6. The standard InChI is InChI=1S/C15H16N4/c1-10(2)14-16-9-8-12(17-14)15-18-11-6-4-5-7-13(11)19(15)3/h4-10H,1-3H3. The maximum Gasteiger partial charge on any atom is 0.159 e. The van der Waals surface area contributed by atoms with Crippen molar-refractivity contribution < 1.29 is 0 Å². The Labute approximate surface area is 112 Å². The summed E-state index contributed by atoms with van der Waals surface area (Å²) in [5.74, 6) is 2.05. The van der Waals surface area contributed by atoms with Gasteiger partial charge in [0.2, 0.25) is 0 Å². The highest BCUT2D eigenvalue weighted by Gasteiger charge is 2.12. The van der Waals surface area contributed by atoms with Gasteiger partial charge in [-0.25, -0.2) is 15.0 Å². The quantitative estimate of drug-likeness (QED) is 0.703. The first kappa shape index (κ1) is 11.8. The molecule has 0 amide bonds. The van der Waals surface area contributed by atoms with Crippen LogP contribution in [0.4, 0.5) is 0 Å². The monoisotopic (exact) mass is 252 g/mol. The molecule has 0 bridgehead atoms. The number of hydrogen-bond donors (Lipinski definition) is 0. The van der Waals surface area contributed by atoms with Crippen LogP contribution in [0.1, 0.15) is 25.6 Å². The first-order valence-electron chi connectivity index (χ1n) is 6.41. The summed E-state index contributed by atoms with van der Waals surface area (Å²) in [5, 5.41) is 0. The molecule has 0 aliphatic carbocycles. The van der Waals surface area contributed by atoms with Gasteiger partial charge in [0.15, 0.2) is 5.82 Å². The lowest BCUT2D eigenvalue weighted by Crippen LogP contribution is -2.01. The predicted octanol–water partition coefficient (Wildman–Crippen LogP) is 3.15. The average molecular weight is 252 g/mol. The Morgan fingerprint density at radius 1 is 1.05 bits per heavy atom. The second kappa shape index (κ2) is 4.46. The number of imidazole rings is 1. The molecule has 96 valence electrons. The van der Waals surface area contributed by atoms with Gasteiger partial charge in [0.05, 0.1) is 11.0 Å². The highest BCUT2D eigenvalue weighted by molar-refractivity contribution is 5.79. The van der Waals surface area contributed by atoms with Crippen molar-refractivity contribution in [3.8, 4) is 11.5 Å². The molecular weight excluding hydrogens is 236 g/mol. The molecule has 4 nitrogen and oxygen atoms in total. The number of benzene rings is 1. The smallest absolute Gasteiger partial charge is 0.159 e. The van der Waals surface area contributed by atoms with Gasteiger partial charge in [-0.3, -0.25) is 0 Å². The van der Waals surface area contributed by atoms with Crippen molar-refractivity contribution in [3.05, 3.63) is 42.4 Å². The number of aryl methyl sites for hydroxylation is 1. The van der Waals surface area contributed by atoms with E-state index < -0.39 is 0 Å². The summed E-state index contributed by atoms with van der Waals surface area (Å²) >= 11 is 0. The number of hydrogen-bond acceptors (Lipinski definition) is 3. The molecule has 0 radical (unpaired) electrons. The number of para-hydroxylation sites is 2. The van der Waals surface area contributed by atoms with Gasteiger partial charge in [-0.1, -0.05) is 26.0 Å². The predicted molar refractivity (Wildman–Crippen MR) is 75.8 cm³/mol. The first-order valence-corrected chi connectivity index (χ1v) is 6.41. The topological polar surface area (TPSA) is 43.6 Å². The van der Waals surface area contributed by atoms with Crippen LogP contribution in [0.3, 0.4) is 0 Å². The molecule has 4 heteroatoms. The summed E-state index contributed by atoms with van der Waals surface area (Å²) in [6.45, 7) is 4.18. The molecule has 0 fully saturated rings. The molecule has 19 heavy (non-hydrogen) atoms. The van der Waals surface area contributed by atoms with Crippen LogP contribution in [0, 0.1) is 0 Å². The van der Waals surface area contributed by atoms with Crippen LogP contribution in [0.15, 0.2) is 36.5 Å². The SMILES string of the molecule is CC(C)c1nccc(-c2nc3ccccc3n2C)n1. The van der Waals surface area contributed by atoms with Crippen LogP contribution in [0.2, 0.25) is 0 Å². The maximum absolute atomic E-state index is 4.66. The van der Waals surface area contributed by atoms with Crippen molar-refractivity contribution in [1.82, 2.24) is 19.5 Å². The van der Waals surface area contributed by atoms with Crippen LogP contribution in [-0.2, 0) is 7.05 Å². The fraction of sp³-hybridized carbons (Fsp3) is 0.267. The summed E-state index contributed by atoms with van der Waals surface area (Å²) < 4.78 is 2.07. The van der Waals surface area contributed by atoms with Crippen LogP contribution in [-0.4, -0.2) is 19.5 Å². The molecule has 2 heterocycles. The number of nitrogens with zero attached hydrogens (tertiary/aromatic N) is 4. The number of aromatic nitrogens is 4. The summed E-state index contributed by atoms with van der Waals surface area (Å²) in [5.41, 5.74) is 2.98.